The van der Waals surface area contributed by atoms with Crippen molar-refractivity contribution in [2.24, 2.45) is 5.92 Å². The Bertz CT molecular complexity index is 533. The zero-order valence-electron chi connectivity index (χ0n) is 12.4. The van der Waals surface area contributed by atoms with Crippen LogP contribution in [0.25, 0.3) is 0 Å². The van der Waals surface area contributed by atoms with E-state index in [1.54, 1.807) is 25.2 Å². The maximum Gasteiger partial charge on any atom is 0.225 e. The molecule has 1 N–H and O–H groups in total. The molecule has 1 aromatic carbocycles. The van der Waals surface area contributed by atoms with Crippen molar-refractivity contribution in [1.82, 2.24) is 10.2 Å². The summed E-state index contributed by atoms with van der Waals surface area (Å²) in [6, 6.07) is 5.81. The maximum atomic E-state index is 14.1. The average molecular weight is 292 g/mol. The number of piperidine rings is 1. The molecule has 5 heteroatoms. The molecule has 1 aliphatic heterocycles. The Labute approximate surface area is 124 Å². The average Bonchev–Trinajstić information content (AvgIpc) is 2.48. The Morgan fingerprint density at radius 3 is 2.81 bits per heavy atom. The second-order valence-electron chi connectivity index (χ2n) is 5.41. The van der Waals surface area contributed by atoms with Gasteiger partial charge in [0.25, 0.3) is 0 Å². The number of amides is 2. The summed E-state index contributed by atoms with van der Waals surface area (Å²) < 4.78 is 14.1. The number of hydrogen-bond donors (Lipinski definition) is 1. The topological polar surface area (TPSA) is 49.4 Å². The number of likely N-dealkylation sites (tertiary alicyclic amines) is 1. The van der Waals surface area contributed by atoms with Crippen molar-refractivity contribution in [3.63, 3.8) is 0 Å². The van der Waals surface area contributed by atoms with E-state index >= 15 is 0 Å². The zero-order valence-corrected chi connectivity index (χ0v) is 12.4. The van der Waals surface area contributed by atoms with Crippen LogP contribution in [0.4, 0.5) is 4.39 Å². The van der Waals surface area contributed by atoms with Crippen LogP contribution in [0.15, 0.2) is 24.3 Å². The SMILES string of the molecule is CCCNC(=O)C1CCC(=O)N(C)C1c1ccccc1F. The van der Waals surface area contributed by atoms with Crippen molar-refractivity contribution in [3.05, 3.63) is 35.6 Å². The van der Waals surface area contributed by atoms with Gasteiger partial charge in [0.2, 0.25) is 11.8 Å². The highest BCUT2D eigenvalue weighted by Gasteiger charge is 2.39. The lowest BCUT2D eigenvalue weighted by Gasteiger charge is -2.38. The Kier molecular flexibility index (Phi) is 4.94. The molecule has 0 aliphatic carbocycles. The van der Waals surface area contributed by atoms with E-state index in [-0.39, 0.29) is 17.6 Å². The molecule has 0 saturated carbocycles. The van der Waals surface area contributed by atoms with Gasteiger partial charge >= 0.3 is 0 Å². The van der Waals surface area contributed by atoms with Gasteiger partial charge in [0.15, 0.2) is 0 Å². The quantitative estimate of drug-likeness (QED) is 0.925. The highest BCUT2D eigenvalue weighted by Crippen LogP contribution is 2.36. The van der Waals surface area contributed by atoms with Crippen molar-refractivity contribution in [3.8, 4) is 0 Å². The minimum atomic E-state index is -0.538. The first kappa shape index (κ1) is 15.5. The molecule has 0 radical (unpaired) electrons. The van der Waals surface area contributed by atoms with E-state index in [2.05, 4.69) is 5.32 Å². The van der Waals surface area contributed by atoms with Crippen LogP contribution in [0, 0.1) is 11.7 Å². The minimum absolute atomic E-state index is 0.0530. The van der Waals surface area contributed by atoms with E-state index in [9.17, 15) is 14.0 Å². The number of rotatable bonds is 4. The van der Waals surface area contributed by atoms with Crippen LogP contribution in [0.2, 0.25) is 0 Å². The van der Waals surface area contributed by atoms with Crippen molar-refractivity contribution < 1.29 is 14.0 Å². The Morgan fingerprint density at radius 2 is 2.14 bits per heavy atom. The molecule has 1 aromatic rings. The van der Waals surface area contributed by atoms with Crippen LogP contribution in [-0.4, -0.2) is 30.3 Å². The highest BCUT2D eigenvalue weighted by atomic mass is 19.1. The van der Waals surface area contributed by atoms with E-state index < -0.39 is 12.0 Å². The summed E-state index contributed by atoms with van der Waals surface area (Å²) in [6.45, 7) is 2.57. The minimum Gasteiger partial charge on any atom is -0.356 e. The predicted molar refractivity (Wildman–Crippen MR) is 77.9 cm³/mol. The smallest absolute Gasteiger partial charge is 0.225 e. The maximum absolute atomic E-state index is 14.1. The second kappa shape index (κ2) is 6.70. The first-order chi connectivity index (χ1) is 10.1. The molecule has 2 rings (SSSR count). The number of hydrogen-bond acceptors (Lipinski definition) is 2. The molecule has 114 valence electrons. The number of carbonyl (C=O) groups excluding carboxylic acids is 2. The van der Waals surface area contributed by atoms with Gasteiger partial charge in [-0.15, -0.1) is 0 Å². The molecule has 2 atom stereocenters. The van der Waals surface area contributed by atoms with E-state index in [1.807, 2.05) is 6.92 Å². The van der Waals surface area contributed by atoms with E-state index in [1.165, 1.54) is 11.0 Å². The molecule has 1 aliphatic rings. The van der Waals surface area contributed by atoms with Crippen molar-refractivity contribution in [2.45, 2.75) is 32.2 Å². The fourth-order valence-electron chi connectivity index (χ4n) is 2.83. The van der Waals surface area contributed by atoms with Crippen molar-refractivity contribution in [1.29, 1.82) is 0 Å². The van der Waals surface area contributed by atoms with Crippen LogP contribution >= 0.6 is 0 Å². The lowest BCUT2D eigenvalue weighted by Crippen LogP contribution is -2.46. The van der Waals surface area contributed by atoms with Crippen molar-refractivity contribution in [2.75, 3.05) is 13.6 Å². The largest absolute Gasteiger partial charge is 0.356 e. The molecule has 4 nitrogen and oxygen atoms in total. The third-order valence-corrected chi connectivity index (χ3v) is 3.97. The molecule has 1 saturated heterocycles. The summed E-state index contributed by atoms with van der Waals surface area (Å²) >= 11 is 0. The van der Waals surface area contributed by atoms with Crippen LogP contribution in [0.5, 0.6) is 0 Å². The zero-order chi connectivity index (χ0) is 15.4. The lowest BCUT2D eigenvalue weighted by molar-refractivity contribution is -0.141. The first-order valence-electron chi connectivity index (χ1n) is 7.34. The summed E-state index contributed by atoms with van der Waals surface area (Å²) in [7, 11) is 1.64. The Morgan fingerprint density at radius 1 is 1.43 bits per heavy atom. The monoisotopic (exact) mass is 292 g/mol. The summed E-state index contributed by atoms with van der Waals surface area (Å²) in [5.41, 5.74) is 0.407. The van der Waals surface area contributed by atoms with Crippen LogP contribution in [0.3, 0.4) is 0 Å². The molecule has 2 unspecified atom stereocenters. The molecular weight excluding hydrogens is 271 g/mol. The van der Waals surface area contributed by atoms with Gasteiger partial charge in [0.05, 0.1) is 12.0 Å². The van der Waals surface area contributed by atoms with E-state index in [4.69, 9.17) is 0 Å². The summed E-state index contributed by atoms with van der Waals surface area (Å²) in [5, 5.41) is 2.86. The number of halogens is 1. The van der Waals surface area contributed by atoms with E-state index in [0.29, 0.717) is 24.9 Å². The number of benzene rings is 1. The summed E-state index contributed by atoms with van der Waals surface area (Å²) in [5.74, 6) is -0.944. The fraction of sp³-hybridized carbons (Fsp3) is 0.500. The van der Waals surface area contributed by atoms with Gasteiger partial charge < -0.3 is 10.2 Å². The molecule has 21 heavy (non-hydrogen) atoms. The Balaban J connectivity index is 2.32. The standard InChI is InChI=1S/C16H21FN2O2/c1-3-10-18-16(21)12-8-9-14(20)19(2)15(12)11-6-4-5-7-13(11)17/h4-7,12,15H,3,8-10H2,1-2H3,(H,18,21). The fourth-order valence-corrected chi connectivity index (χ4v) is 2.83. The molecule has 0 aromatic heterocycles. The van der Waals surface area contributed by atoms with Gasteiger partial charge in [0.1, 0.15) is 5.82 Å². The highest BCUT2D eigenvalue weighted by molar-refractivity contribution is 5.84. The van der Waals surface area contributed by atoms with Crippen LogP contribution < -0.4 is 5.32 Å². The number of nitrogens with one attached hydrogen (secondary N) is 1. The van der Waals surface area contributed by atoms with Gasteiger partial charge in [-0.05, 0) is 18.9 Å². The van der Waals surface area contributed by atoms with Crippen LogP contribution in [0.1, 0.15) is 37.8 Å². The molecule has 0 bridgehead atoms. The molecular formula is C16H21FN2O2. The Hall–Kier alpha value is -1.91. The normalized spacial score (nSPS) is 22.2. The van der Waals surface area contributed by atoms with E-state index in [0.717, 1.165) is 6.42 Å². The van der Waals surface area contributed by atoms with Gasteiger partial charge in [0, 0.05) is 25.6 Å². The first-order valence-corrected chi connectivity index (χ1v) is 7.34. The number of nitrogens with zero attached hydrogens (tertiary/aromatic N) is 1. The van der Waals surface area contributed by atoms with Crippen LogP contribution in [-0.2, 0) is 9.59 Å². The molecule has 0 spiro atoms. The van der Waals surface area contributed by atoms with Gasteiger partial charge in [-0.1, -0.05) is 25.1 Å². The second-order valence-corrected chi connectivity index (χ2v) is 5.41. The van der Waals surface area contributed by atoms with Gasteiger partial charge in [-0.2, -0.15) is 0 Å². The predicted octanol–water partition coefficient (Wildman–Crippen LogP) is 2.26. The molecule has 2 amide bonds. The summed E-state index contributed by atoms with van der Waals surface area (Å²) in [4.78, 5) is 25.8. The lowest BCUT2D eigenvalue weighted by atomic mass is 9.83. The van der Waals surface area contributed by atoms with Crippen molar-refractivity contribution >= 4 is 11.8 Å². The molecule has 1 fully saturated rings. The van der Waals surface area contributed by atoms with Gasteiger partial charge in [-0.3, -0.25) is 9.59 Å². The van der Waals surface area contributed by atoms with Gasteiger partial charge in [-0.25, -0.2) is 4.39 Å². The number of carbonyl (C=O) groups is 2. The molecule has 1 heterocycles. The third kappa shape index (κ3) is 3.23. The summed E-state index contributed by atoms with van der Waals surface area (Å²) in [6.07, 6.45) is 1.63. The third-order valence-electron chi connectivity index (χ3n) is 3.97.